The van der Waals surface area contributed by atoms with Gasteiger partial charge in [-0.1, -0.05) is 5.21 Å². The van der Waals surface area contributed by atoms with Gasteiger partial charge >= 0.3 is 0 Å². The van der Waals surface area contributed by atoms with Crippen LogP contribution in [0.2, 0.25) is 0 Å². The molecule has 2 rings (SSSR count). The molecule has 1 heterocycles. The van der Waals surface area contributed by atoms with Crippen LogP contribution in [0.5, 0.6) is 11.5 Å². The molecule has 0 radical (unpaired) electrons. The van der Waals surface area contributed by atoms with Crippen molar-refractivity contribution in [2.45, 2.75) is 19.5 Å². The van der Waals surface area contributed by atoms with Gasteiger partial charge in [0.05, 0.1) is 20.4 Å². The van der Waals surface area contributed by atoms with Crippen LogP contribution < -0.4 is 14.8 Å². The molecule has 0 unspecified atom stereocenters. The van der Waals surface area contributed by atoms with Crippen molar-refractivity contribution in [1.82, 2.24) is 20.3 Å². The summed E-state index contributed by atoms with van der Waals surface area (Å²) in [4.78, 5) is 0. The topological polar surface area (TPSA) is 61.2 Å². The van der Waals surface area contributed by atoms with E-state index < -0.39 is 0 Å². The summed E-state index contributed by atoms with van der Waals surface area (Å²) in [6, 6.07) is 5.88. The smallest absolute Gasteiger partial charge is 0.122 e. The molecule has 2 aromatic rings. The summed E-state index contributed by atoms with van der Waals surface area (Å²) in [5.41, 5.74) is 1.14. The molecule has 0 aliphatic rings. The quantitative estimate of drug-likeness (QED) is 0.740. The van der Waals surface area contributed by atoms with E-state index in [2.05, 4.69) is 15.6 Å². The first kappa shape index (κ1) is 14.3. The average molecular weight is 276 g/mol. The van der Waals surface area contributed by atoms with Crippen LogP contribution in [0.4, 0.5) is 0 Å². The average Bonchev–Trinajstić information content (AvgIpc) is 2.99. The van der Waals surface area contributed by atoms with Crippen LogP contribution in [0.1, 0.15) is 12.0 Å². The molecule has 0 bridgehead atoms. The number of aromatic nitrogens is 3. The summed E-state index contributed by atoms with van der Waals surface area (Å²) in [6.07, 6.45) is 4.56. The normalized spacial score (nSPS) is 10.5. The van der Waals surface area contributed by atoms with Crippen molar-refractivity contribution < 1.29 is 9.47 Å². The van der Waals surface area contributed by atoms with Gasteiger partial charge in [-0.25, -0.2) is 0 Å². The van der Waals surface area contributed by atoms with E-state index in [1.165, 1.54) is 0 Å². The predicted octanol–water partition coefficient (Wildman–Crippen LogP) is 1.48. The lowest BCUT2D eigenvalue weighted by Crippen LogP contribution is -2.16. The van der Waals surface area contributed by atoms with Gasteiger partial charge in [-0.15, -0.1) is 5.10 Å². The lowest BCUT2D eigenvalue weighted by Gasteiger charge is -2.09. The van der Waals surface area contributed by atoms with Gasteiger partial charge in [-0.3, -0.25) is 4.68 Å². The summed E-state index contributed by atoms with van der Waals surface area (Å²) in [7, 11) is 3.31. The maximum atomic E-state index is 5.25. The third-order valence-electron chi connectivity index (χ3n) is 2.95. The zero-order chi connectivity index (χ0) is 14.2. The van der Waals surface area contributed by atoms with Crippen molar-refractivity contribution in [2.24, 2.45) is 0 Å². The molecule has 0 spiro atoms. The molecule has 0 saturated carbocycles. The second-order valence-corrected chi connectivity index (χ2v) is 4.42. The molecule has 20 heavy (non-hydrogen) atoms. The van der Waals surface area contributed by atoms with Gasteiger partial charge < -0.3 is 14.8 Å². The Morgan fingerprint density at radius 2 is 1.90 bits per heavy atom. The zero-order valence-corrected chi connectivity index (χ0v) is 11.9. The van der Waals surface area contributed by atoms with E-state index in [1.807, 2.05) is 29.1 Å². The van der Waals surface area contributed by atoms with Crippen molar-refractivity contribution in [2.75, 3.05) is 20.8 Å². The lowest BCUT2D eigenvalue weighted by atomic mass is 10.2. The van der Waals surface area contributed by atoms with E-state index in [-0.39, 0.29) is 0 Å². The van der Waals surface area contributed by atoms with Gasteiger partial charge in [0.1, 0.15) is 11.5 Å². The molecule has 6 nitrogen and oxygen atoms in total. The third kappa shape index (κ3) is 4.24. The predicted molar refractivity (Wildman–Crippen MR) is 75.9 cm³/mol. The third-order valence-corrected chi connectivity index (χ3v) is 2.95. The summed E-state index contributed by atoms with van der Waals surface area (Å²) in [5, 5.41) is 11.1. The van der Waals surface area contributed by atoms with Crippen LogP contribution >= 0.6 is 0 Å². The Hall–Kier alpha value is -2.08. The number of benzene rings is 1. The largest absolute Gasteiger partial charge is 0.497 e. The molecular formula is C14H20N4O2. The number of methoxy groups -OCH3 is 2. The first-order valence-corrected chi connectivity index (χ1v) is 6.58. The molecule has 0 amide bonds. The molecule has 1 aromatic heterocycles. The fraction of sp³-hybridized carbons (Fsp3) is 0.429. The lowest BCUT2D eigenvalue weighted by molar-refractivity contribution is 0.393. The first-order chi connectivity index (χ1) is 9.81. The highest BCUT2D eigenvalue weighted by atomic mass is 16.5. The maximum Gasteiger partial charge on any atom is 0.122 e. The summed E-state index contributed by atoms with van der Waals surface area (Å²) in [6.45, 7) is 2.57. The minimum absolute atomic E-state index is 0.783. The van der Waals surface area contributed by atoms with Crippen molar-refractivity contribution in [3.63, 3.8) is 0 Å². The Morgan fingerprint density at radius 1 is 1.15 bits per heavy atom. The minimum atomic E-state index is 0.783. The number of hydrogen-bond acceptors (Lipinski definition) is 5. The number of aryl methyl sites for hydroxylation is 1. The van der Waals surface area contributed by atoms with E-state index in [9.17, 15) is 0 Å². The second-order valence-electron chi connectivity index (χ2n) is 4.42. The Bertz CT molecular complexity index is 492. The molecule has 1 aromatic carbocycles. The van der Waals surface area contributed by atoms with Gasteiger partial charge in [0, 0.05) is 25.4 Å². The van der Waals surface area contributed by atoms with Crippen LogP contribution in [0.25, 0.3) is 0 Å². The number of nitrogens with one attached hydrogen (secondary N) is 1. The van der Waals surface area contributed by atoms with Gasteiger partial charge in [0.25, 0.3) is 0 Å². The van der Waals surface area contributed by atoms with Crippen LogP contribution in [0.3, 0.4) is 0 Å². The van der Waals surface area contributed by atoms with E-state index in [1.54, 1.807) is 20.4 Å². The Kier molecular flexibility index (Phi) is 5.37. The molecule has 0 saturated heterocycles. The van der Waals surface area contributed by atoms with E-state index in [0.29, 0.717) is 0 Å². The van der Waals surface area contributed by atoms with E-state index >= 15 is 0 Å². The molecule has 6 heteroatoms. The number of hydrogen-bond donors (Lipinski definition) is 1. The van der Waals surface area contributed by atoms with Gasteiger partial charge in [0.15, 0.2) is 0 Å². The van der Waals surface area contributed by atoms with E-state index in [4.69, 9.17) is 9.47 Å². The molecule has 0 aliphatic heterocycles. The monoisotopic (exact) mass is 276 g/mol. The molecule has 0 aliphatic carbocycles. The maximum absolute atomic E-state index is 5.25. The van der Waals surface area contributed by atoms with Crippen LogP contribution in [0.15, 0.2) is 30.6 Å². The van der Waals surface area contributed by atoms with Crippen LogP contribution in [-0.2, 0) is 13.1 Å². The summed E-state index contributed by atoms with van der Waals surface area (Å²) in [5.74, 6) is 1.62. The number of nitrogens with zero attached hydrogens (tertiary/aromatic N) is 3. The molecule has 0 atom stereocenters. The highest BCUT2D eigenvalue weighted by molar-refractivity contribution is 5.38. The fourth-order valence-electron chi connectivity index (χ4n) is 1.92. The highest BCUT2D eigenvalue weighted by Crippen LogP contribution is 2.22. The van der Waals surface area contributed by atoms with Crippen molar-refractivity contribution >= 4 is 0 Å². The fourth-order valence-corrected chi connectivity index (χ4v) is 1.92. The second kappa shape index (κ2) is 7.49. The molecular weight excluding hydrogens is 256 g/mol. The van der Waals surface area contributed by atoms with Crippen molar-refractivity contribution in [1.29, 1.82) is 0 Å². The highest BCUT2D eigenvalue weighted by Gasteiger charge is 2.01. The zero-order valence-electron chi connectivity index (χ0n) is 11.9. The molecule has 0 fully saturated rings. The SMILES string of the molecule is COc1cc(CNCCCn2ccnn2)cc(OC)c1. The van der Waals surface area contributed by atoms with Crippen molar-refractivity contribution in [3.8, 4) is 11.5 Å². The molecule has 1 N–H and O–H groups in total. The first-order valence-electron chi connectivity index (χ1n) is 6.58. The van der Waals surface area contributed by atoms with Crippen molar-refractivity contribution in [3.05, 3.63) is 36.2 Å². The van der Waals surface area contributed by atoms with Crippen LogP contribution in [0, 0.1) is 0 Å². The number of ether oxygens (including phenoxy) is 2. The van der Waals surface area contributed by atoms with Gasteiger partial charge in [-0.05, 0) is 30.7 Å². The Balaban J connectivity index is 1.75. The number of rotatable bonds is 8. The van der Waals surface area contributed by atoms with Gasteiger partial charge in [0.2, 0.25) is 0 Å². The summed E-state index contributed by atoms with van der Waals surface area (Å²) >= 11 is 0. The summed E-state index contributed by atoms with van der Waals surface area (Å²) < 4.78 is 12.3. The Morgan fingerprint density at radius 3 is 2.50 bits per heavy atom. The standard InChI is InChI=1S/C14H20N4O2/c1-19-13-8-12(9-14(10-13)20-2)11-15-4-3-6-18-7-5-16-17-18/h5,7-10,15H,3-4,6,11H2,1-2H3. The molecule has 108 valence electrons. The van der Waals surface area contributed by atoms with Gasteiger partial charge in [-0.2, -0.15) is 0 Å². The van der Waals surface area contributed by atoms with Crippen LogP contribution in [-0.4, -0.2) is 35.8 Å². The minimum Gasteiger partial charge on any atom is -0.497 e. The van der Waals surface area contributed by atoms with E-state index in [0.717, 1.165) is 43.1 Å². The Labute approximate surface area is 118 Å².